The van der Waals surface area contributed by atoms with Crippen LogP contribution in [0.15, 0.2) is 11.6 Å². The lowest BCUT2D eigenvalue weighted by Gasteiger charge is -2.45. The fraction of sp³-hybridized carbons (Fsp3) is 0.679. The van der Waals surface area contributed by atoms with Gasteiger partial charge in [-0.15, -0.1) is 0 Å². The number of carbonyl (C=O) groups excluding carboxylic acids is 1. The van der Waals surface area contributed by atoms with Crippen molar-refractivity contribution >= 4 is 5.97 Å². The molecular weight excluding hydrogens is 448 g/mol. The Labute approximate surface area is 208 Å². The second-order valence-corrected chi connectivity index (χ2v) is 11.1. The Bertz CT molecular complexity index is 1010. The molecule has 2 aliphatic carbocycles. The molecule has 4 rings (SSSR count). The third-order valence-electron chi connectivity index (χ3n) is 8.11. The van der Waals surface area contributed by atoms with Crippen LogP contribution in [0.1, 0.15) is 101 Å². The lowest BCUT2D eigenvalue weighted by molar-refractivity contribution is -0.272. The van der Waals surface area contributed by atoms with Gasteiger partial charge in [-0.2, -0.15) is 0 Å². The zero-order valence-electron chi connectivity index (χ0n) is 21.9. The molecule has 1 saturated heterocycles. The van der Waals surface area contributed by atoms with Gasteiger partial charge in [-0.25, -0.2) is 0 Å². The number of ether oxygens (including phenoxy) is 3. The maximum absolute atomic E-state index is 11.6. The standard InChI is InChI=1S/C28H40O7/c1-12(2)10-18-11-14(4)19-9-8-13(3)20-22(19)21(18)15(5)23(30)26(20)35-28-25(32)27(34-17(7)29)24(31)16(6)33-28/h10,13-14,16,18-19,24-25,27-28,30-32H,8-9,11H2,1-7H3/t13-,14-,16-,18+,19?,24+,25+,27+,28-/m0/s1. The molecule has 0 spiro atoms. The van der Waals surface area contributed by atoms with E-state index in [-0.39, 0.29) is 17.6 Å². The summed E-state index contributed by atoms with van der Waals surface area (Å²) in [7, 11) is 0. The van der Waals surface area contributed by atoms with Crippen molar-refractivity contribution in [3.8, 4) is 11.5 Å². The summed E-state index contributed by atoms with van der Waals surface area (Å²) in [6.07, 6.45) is -0.334. The fourth-order valence-electron chi connectivity index (χ4n) is 6.45. The van der Waals surface area contributed by atoms with Gasteiger partial charge >= 0.3 is 5.97 Å². The first-order valence-electron chi connectivity index (χ1n) is 12.8. The minimum atomic E-state index is -1.42. The molecule has 1 aromatic rings. The number of hydrogen-bond acceptors (Lipinski definition) is 7. The normalized spacial score (nSPS) is 36.2. The molecule has 1 fully saturated rings. The molecule has 0 bridgehead atoms. The first-order chi connectivity index (χ1) is 16.4. The number of allylic oxidation sites excluding steroid dienone is 2. The molecule has 3 aliphatic rings. The maximum atomic E-state index is 11.6. The Hall–Kier alpha value is -2.09. The van der Waals surface area contributed by atoms with Crippen molar-refractivity contribution in [2.45, 2.75) is 116 Å². The fourth-order valence-corrected chi connectivity index (χ4v) is 6.45. The summed E-state index contributed by atoms with van der Waals surface area (Å²) in [5.74, 6) is 1.04. The predicted molar refractivity (Wildman–Crippen MR) is 132 cm³/mol. The summed E-state index contributed by atoms with van der Waals surface area (Å²) >= 11 is 0. The number of aliphatic hydroxyl groups excluding tert-OH is 2. The SMILES string of the molecule is CC(=O)O[C@H]1[C@@H](O)[C@H](Oc2c(O)c(C)c3c4c2[C@@H](C)CCC4[C@@H](C)C[C@H]3C=C(C)C)O[C@@H](C)[C@H]1O. The molecule has 194 valence electrons. The third-order valence-corrected chi connectivity index (χ3v) is 8.11. The van der Waals surface area contributed by atoms with Crippen LogP contribution in [0, 0.1) is 12.8 Å². The number of phenols is 1. The van der Waals surface area contributed by atoms with E-state index < -0.39 is 36.7 Å². The number of rotatable bonds is 4. The van der Waals surface area contributed by atoms with Crippen molar-refractivity contribution < 1.29 is 34.3 Å². The summed E-state index contributed by atoms with van der Waals surface area (Å²) < 4.78 is 17.3. The van der Waals surface area contributed by atoms with Crippen LogP contribution in [0.5, 0.6) is 11.5 Å². The first kappa shape index (κ1) is 26.0. The van der Waals surface area contributed by atoms with Crippen molar-refractivity contribution in [3.63, 3.8) is 0 Å². The highest BCUT2D eigenvalue weighted by Crippen LogP contribution is 2.58. The van der Waals surface area contributed by atoms with Gasteiger partial charge in [-0.1, -0.05) is 25.5 Å². The number of aromatic hydroxyl groups is 1. The Morgan fingerprint density at radius 1 is 1.03 bits per heavy atom. The van der Waals surface area contributed by atoms with Gasteiger partial charge < -0.3 is 29.5 Å². The zero-order chi connectivity index (χ0) is 25.8. The Balaban J connectivity index is 1.82. The topological polar surface area (TPSA) is 105 Å². The van der Waals surface area contributed by atoms with Crippen LogP contribution in [-0.2, 0) is 14.3 Å². The molecule has 3 N–H and O–H groups in total. The third kappa shape index (κ3) is 4.58. The molecule has 0 amide bonds. The highest BCUT2D eigenvalue weighted by molar-refractivity contribution is 5.66. The summed E-state index contributed by atoms with van der Waals surface area (Å²) in [4.78, 5) is 11.6. The Morgan fingerprint density at radius 3 is 2.34 bits per heavy atom. The van der Waals surface area contributed by atoms with Crippen molar-refractivity contribution in [2.75, 3.05) is 0 Å². The van der Waals surface area contributed by atoms with Gasteiger partial charge in [0, 0.05) is 18.4 Å². The van der Waals surface area contributed by atoms with Crippen LogP contribution in [0.25, 0.3) is 0 Å². The Morgan fingerprint density at radius 2 is 1.71 bits per heavy atom. The van der Waals surface area contributed by atoms with Crippen LogP contribution in [0.3, 0.4) is 0 Å². The largest absolute Gasteiger partial charge is 0.504 e. The van der Waals surface area contributed by atoms with E-state index in [2.05, 4.69) is 33.8 Å². The number of carbonyl (C=O) groups is 1. The lowest BCUT2D eigenvalue weighted by atomic mass is 9.62. The molecule has 1 aromatic carbocycles. The van der Waals surface area contributed by atoms with E-state index in [1.54, 1.807) is 6.92 Å². The van der Waals surface area contributed by atoms with Gasteiger partial charge in [0.05, 0.1) is 6.10 Å². The van der Waals surface area contributed by atoms with Crippen molar-refractivity contribution in [1.82, 2.24) is 0 Å². The van der Waals surface area contributed by atoms with Crippen molar-refractivity contribution in [3.05, 3.63) is 33.9 Å². The van der Waals surface area contributed by atoms with Gasteiger partial charge in [0.2, 0.25) is 6.29 Å². The molecule has 1 heterocycles. The van der Waals surface area contributed by atoms with Gasteiger partial charge in [-0.05, 0) is 81.4 Å². The van der Waals surface area contributed by atoms with E-state index in [9.17, 15) is 20.1 Å². The van der Waals surface area contributed by atoms with Gasteiger partial charge in [-0.3, -0.25) is 4.79 Å². The molecule has 0 aromatic heterocycles. The highest BCUT2D eigenvalue weighted by atomic mass is 16.7. The number of esters is 1. The van der Waals surface area contributed by atoms with E-state index in [0.29, 0.717) is 17.6 Å². The van der Waals surface area contributed by atoms with Crippen LogP contribution >= 0.6 is 0 Å². The van der Waals surface area contributed by atoms with E-state index in [1.165, 1.54) is 23.6 Å². The smallest absolute Gasteiger partial charge is 0.303 e. The molecule has 0 radical (unpaired) electrons. The number of aliphatic hydroxyl groups is 2. The van der Waals surface area contributed by atoms with Crippen LogP contribution in [-0.4, -0.2) is 52.0 Å². The maximum Gasteiger partial charge on any atom is 0.303 e. The van der Waals surface area contributed by atoms with E-state index in [4.69, 9.17) is 14.2 Å². The van der Waals surface area contributed by atoms with Gasteiger partial charge in [0.1, 0.15) is 6.10 Å². The number of benzene rings is 1. The quantitative estimate of drug-likeness (QED) is 0.422. The monoisotopic (exact) mass is 488 g/mol. The second-order valence-electron chi connectivity index (χ2n) is 11.1. The van der Waals surface area contributed by atoms with E-state index in [0.717, 1.165) is 30.4 Å². The van der Waals surface area contributed by atoms with Crippen LogP contribution in [0.2, 0.25) is 0 Å². The summed E-state index contributed by atoms with van der Waals surface area (Å²) in [5.41, 5.74) is 5.50. The molecule has 35 heavy (non-hydrogen) atoms. The second kappa shape index (κ2) is 9.75. The van der Waals surface area contributed by atoms with Crippen LogP contribution < -0.4 is 4.74 Å². The summed E-state index contributed by atoms with van der Waals surface area (Å²) in [5, 5.41) is 32.8. The minimum Gasteiger partial charge on any atom is -0.504 e. The van der Waals surface area contributed by atoms with Crippen LogP contribution in [0.4, 0.5) is 0 Å². The van der Waals surface area contributed by atoms with E-state index >= 15 is 0 Å². The minimum absolute atomic E-state index is 0.0616. The summed E-state index contributed by atoms with van der Waals surface area (Å²) in [6, 6.07) is 0. The number of phenolic OH excluding ortho intramolecular Hbond substituents is 1. The predicted octanol–water partition coefficient (Wildman–Crippen LogP) is 4.55. The molecule has 7 nitrogen and oxygen atoms in total. The zero-order valence-corrected chi connectivity index (χ0v) is 21.9. The van der Waals surface area contributed by atoms with Crippen molar-refractivity contribution in [2.24, 2.45) is 5.92 Å². The molecule has 1 unspecified atom stereocenters. The molecular formula is C28H40O7. The van der Waals surface area contributed by atoms with Gasteiger partial charge in [0.15, 0.2) is 23.7 Å². The number of hydrogen-bond donors (Lipinski definition) is 3. The molecule has 9 atom stereocenters. The summed E-state index contributed by atoms with van der Waals surface area (Å²) in [6.45, 7) is 13.5. The first-order valence-corrected chi connectivity index (χ1v) is 12.8. The average molecular weight is 489 g/mol. The van der Waals surface area contributed by atoms with Crippen molar-refractivity contribution in [1.29, 1.82) is 0 Å². The molecule has 1 aliphatic heterocycles. The average Bonchev–Trinajstić information content (AvgIpc) is 2.76. The molecule has 0 saturated carbocycles. The lowest BCUT2D eigenvalue weighted by Crippen LogP contribution is -2.59. The Kier molecular flexibility index (Phi) is 7.24. The molecule has 7 heteroatoms. The van der Waals surface area contributed by atoms with Gasteiger partial charge in [0.25, 0.3) is 0 Å². The van der Waals surface area contributed by atoms with E-state index in [1.807, 2.05) is 6.92 Å². The highest BCUT2D eigenvalue weighted by Gasteiger charge is 2.48.